The molecule has 0 amide bonds. The van der Waals surface area contributed by atoms with Crippen LogP contribution in [0.4, 0.5) is 17.1 Å². The molecule has 0 radical (unpaired) electrons. The first-order valence-corrected chi connectivity index (χ1v) is 20.7. The van der Waals surface area contributed by atoms with Crippen molar-refractivity contribution in [3.05, 3.63) is 224 Å². The summed E-state index contributed by atoms with van der Waals surface area (Å²) in [5.41, 5.74) is 15.9. The van der Waals surface area contributed by atoms with Gasteiger partial charge in [0, 0.05) is 44.0 Å². The number of hydrogen-bond donors (Lipinski definition) is 0. The van der Waals surface area contributed by atoms with Crippen molar-refractivity contribution in [2.24, 2.45) is 0 Å². The van der Waals surface area contributed by atoms with Gasteiger partial charge in [0.1, 0.15) is 22.3 Å². The summed E-state index contributed by atoms with van der Waals surface area (Å²) in [5.74, 6) is 0. The van der Waals surface area contributed by atoms with E-state index < -0.39 is 0 Å². The molecule has 0 unspecified atom stereocenters. The van der Waals surface area contributed by atoms with Crippen molar-refractivity contribution < 1.29 is 8.83 Å². The maximum Gasteiger partial charge on any atom is 0.143 e. The minimum Gasteiger partial charge on any atom is -0.456 e. The van der Waals surface area contributed by atoms with E-state index in [1.165, 1.54) is 21.9 Å². The highest BCUT2D eigenvalue weighted by molar-refractivity contribution is 6.19. The third-order valence-electron chi connectivity index (χ3n) is 12.1. The van der Waals surface area contributed by atoms with Crippen molar-refractivity contribution in [2.75, 3.05) is 4.90 Å². The Labute approximate surface area is 353 Å². The molecule has 3 heteroatoms. The number of hydrogen-bond acceptors (Lipinski definition) is 3. The fourth-order valence-corrected chi connectivity index (χ4v) is 9.14. The van der Waals surface area contributed by atoms with Crippen LogP contribution in [0.2, 0.25) is 0 Å². The van der Waals surface area contributed by atoms with Crippen molar-refractivity contribution in [3.63, 3.8) is 0 Å². The zero-order chi connectivity index (χ0) is 40.3. The molecule has 10 aromatic carbocycles. The smallest absolute Gasteiger partial charge is 0.143 e. The lowest BCUT2D eigenvalue weighted by molar-refractivity contribution is 0.669. The average molecular weight is 780 g/mol. The minimum atomic E-state index is 0.892. The summed E-state index contributed by atoms with van der Waals surface area (Å²) in [4.78, 5) is 2.39. The summed E-state index contributed by atoms with van der Waals surface area (Å²) >= 11 is 0. The van der Waals surface area contributed by atoms with Gasteiger partial charge in [-0.3, -0.25) is 0 Å². The molecule has 0 spiro atoms. The second-order valence-electron chi connectivity index (χ2n) is 15.6. The molecule has 286 valence electrons. The van der Waals surface area contributed by atoms with Crippen LogP contribution < -0.4 is 4.90 Å². The van der Waals surface area contributed by atoms with Crippen LogP contribution in [0.5, 0.6) is 0 Å². The lowest BCUT2D eigenvalue weighted by Crippen LogP contribution is -2.11. The van der Waals surface area contributed by atoms with Crippen molar-refractivity contribution in [1.29, 1.82) is 0 Å². The minimum absolute atomic E-state index is 0.892. The van der Waals surface area contributed by atoms with Crippen LogP contribution in [0, 0.1) is 0 Å². The monoisotopic (exact) mass is 779 g/mol. The van der Waals surface area contributed by atoms with Crippen LogP contribution in [0.25, 0.3) is 99.2 Å². The maximum atomic E-state index is 6.54. The summed E-state index contributed by atoms with van der Waals surface area (Å²) in [6, 6.07) is 80.1. The molecule has 0 aliphatic rings. The zero-order valence-corrected chi connectivity index (χ0v) is 33.1. The van der Waals surface area contributed by atoms with Crippen LogP contribution >= 0.6 is 0 Å². The van der Waals surface area contributed by atoms with E-state index >= 15 is 0 Å². The first-order chi connectivity index (χ1) is 30.2. The van der Waals surface area contributed by atoms with E-state index in [-0.39, 0.29) is 0 Å². The molecule has 2 aromatic heterocycles. The predicted octanol–water partition coefficient (Wildman–Crippen LogP) is 16.8. The normalized spacial score (nSPS) is 11.6. The summed E-state index contributed by atoms with van der Waals surface area (Å²) in [6.07, 6.45) is 0. The predicted molar refractivity (Wildman–Crippen MR) is 255 cm³/mol. The number of rotatable bonds is 7. The molecule has 0 aliphatic heterocycles. The van der Waals surface area contributed by atoms with Crippen molar-refractivity contribution in [2.45, 2.75) is 0 Å². The van der Waals surface area contributed by atoms with Crippen molar-refractivity contribution in [3.8, 4) is 44.5 Å². The highest BCUT2D eigenvalue weighted by Crippen LogP contribution is 2.45. The van der Waals surface area contributed by atoms with E-state index in [0.29, 0.717) is 0 Å². The fourth-order valence-electron chi connectivity index (χ4n) is 9.14. The lowest BCUT2D eigenvalue weighted by atomic mass is 9.94. The first-order valence-electron chi connectivity index (χ1n) is 20.7. The Balaban J connectivity index is 1.03. The largest absolute Gasteiger partial charge is 0.456 e. The van der Waals surface area contributed by atoms with Gasteiger partial charge in [0.15, 0.2) is 0 Å². The number of fused-ring (bicyclic) bond motifs is 8. The van der Waals surface area contributed by atoms with Crippen LogP contribution in [0.1, 0.15) is 0 Å². The molecule has 12 rings (SSSR count). The molecule has 0 atom stereocenters. The van der Waals surface area contributed by atoms with Gasteiger partial charge in [-0.1, -0.05) is 164 Å². The highest BCUT2D eigenvalue weighted by Gasteiger charge is 2.21. The molecular formula is C58H37NO2. The average Bonchev–Trinajstić information content (AvgIpc) is 3.92. The van der Waals surface area contributed by atoms with Gasteiger partial charge in [0.25, 0.3) is 0 Å². The molecule has 0 N–H and O–H groups in total. The quantitative estimate of drug-likeness (QED) is 0.161. The molecule has 0 saturated carbocycles. The highest BCUT2D eigenvalue weighted by atomic mass is 16.3. The van der Waals surface area contributed by atoms with Crippen LogP contribution in [-0.2, 0) is 0 Å². The van der Waals surface area contributed by atoms with Crippen LogP contribution in [0.15, 0.2) is 233 Å². The summed E-state index contributed by atoms with van der Waals surface area (Å²) in [6.45, 7) is 0. The number of furan rings is 2. The SMILES string of the molecule is c1ccc(-c2ccc(N(c3cccc(-c4cccc5c4oc4ccccc45)c3)c3ccc(-c4ccc5c(ccc6oc7ccccc7c65)c4)cc3-c3ccccc3)cc2)cc1. The summed E-state index contributed by atoms with van der Waals surface area (Å²) in [5, 5.41) is 6.91. The van der Waals surface area contributed by atoms with Gasteiger partial charge >= 0.3 is 0 Å². The van der Waals surface area contributed by atoms with E-state index in [0.717, 1.165) is 94.3 Å². The van der Waals surface area contributed by atoms with Gasteiger partial charge < -0.3 is 13.7 Å². The Hall–Kier alpha value is -8.14. The second-order valence-corrected chi connectivity index (χ2v) is 15.6. The molecule has 61 heavy (non-hydrogen) atoms. The molecule has 12 aromatic rings. The number of nitrogens with zero attached hydrogens (tertiary/aromatic N) is 1. The fraction of sp³-hybridized carbons (Fsp3) is 0. The Morgan fingerprint density at radius 3 is 1.74 bits per heavy atom. The molecule has 3 nitrogen and oxygen atoms in total. The molecule has 0 fully saturated rings. The number of anilines is 3. The van der Waals surface area contributed by atoms with Crippen molar-refractivity contribution >= 4 is 71.7 Å². The number of benzene rings is 10. The van der Waals surface area contributed by atoms with Gasteiger partial charge in [-0.05, 0) is 105 Å². The first kappa shape index (κ1) is 34.9. The Morgan fingerprint density at radius 2 is 0.918 bits per heavy atom. The van der Waals surface area contributed by atoms with Crippen molar-refractivity contribution in [1.82, 2.24) is 0 Å². The van der Waals surface area contributed by atoms with Gasteiger partial charge in [-0.2, -0.15) is 0 Å². The molecular weight excluding hydrogens is 743 g/mol. The van der Waals surface area contributed by atoms with E-state index in [9.17, 15) is 0 Å². The van der Waals surface area contributed by atoms with Crippen LogP contribution in [-0.4, -0.2) is 0 Å². The second kappa shape index (κ2) is 14.3. The molecule has 0 saturated heterocycles. The third-order valence-corrected chi connectivity index (χ3v) is 12.1. The van der Waals surface area contributed by atoms with E-state index in [1.54, 1.807) is 0 Å². The van der Waals surface area contributed by atoms with E-state index in [4.69, 9.17) is 8.83 Å². The van der Waals surface area contributed by atoms with Gasteiger partial charge in [-0.25, -0.2) is 0 Å². The lowest BCUT2D eigenvalue weighted by Gasteiger charge is -2.29. The maximum absolute atomic E-state index is 6.54. The Bertz CT molecular complexity index is 3580. The topological polar surface area (TPSA) is 29.5 Å². The summed E-state index contributed by atoms with van der Waals surface area (Å²) in [7, 11) is 0. The van der Waals surface area contributed by atoms with Gasteiger partial charge in [-0.15, -0.1) is 0 Å². The molecule has 0 aliphatic carbocycles. The summed E-state index contributed by atoms with van der Waals surface area (Å²) < 4.78 is 12.8. The van der Waals surface area contributed by atoms with E-state index in [2.05, 4.69) is 205 Å². The van der Waals surface area contributed by atoms with Crippen LogP contribution in [0.3, 0.4) is 0 Å². The Morgan fingerprint density at radius 1 is 0.295 bits per heavy atom. The Kier molecular flexibility index (Phi) is 8.17. The molecule has 0 bridgehead atoms. The van der Waals surface area contributed by atoms with Gasteiger partial charge in [0.2, 0.25) is 0 Å². The zero-order valence-electron chi connectivity index (χ0n) is 33.1. The van der Waals surface area contributed by atoms with E-state index in [1.807, 2.05) is 24.3 Å². The molecule has 2 heterocycles. The third kappa shape index (κ3) is 5.98. The van der Waals surface area contributed by atoms with Gasteiger partial charge in [0.05, 0.1) is 5.69 Å². The standard InChI is InChI=1S/C58H37NO2/c1-3-13-38(14-4-1)39-25-30-45(31-26-39)59(46-18-11-17-43(36-46)48-21-12-22-50-49-19-7-9-23-54(49)61-58(48)50)53-33-28-42(37-52(53)40-15-5-2-6-16-40)41-27-32-47-44(35-41)29-34-56-57(47)51-20-8-10-24-55(51)60-56/h1-37H. The number of para-hydroxylation sites is 3.